The largest absolute Gasteiger partial charge is 0.384 e. The summed E-state index contributed by atoms with van der Waals surface area (Å²) < 4.78 is 10.8. The van der Waals surface area contributed by atoms with Crippen LogP contribution in [0, 0.1) is 5.41 Å². The summed E-state index contributed by atoms with van der Waals surface area (Å²) >= 11 is 0. The van der Waals surface area contributed by atoms with E-state index >= 15 is 0 Å². The SMILES string of the molecule is COCC(C)(C)CCOC(C)(C)C. The third-order valence-corrected chi connectivity index (χ3v) is 1.85. The van der Waals surface area contributed by atoms with Gasteiger partial charge in [0.25, 0.3) is 0 Å². The fourth-order valence-electron chi connectivity index (χ4n) is 1.10. The molecule has 0 saturated carbocycles. The second-order valence-electron chi connectivity index (χ2n) is 5.31. The van der Waals surface area contributed by atoms with Gasteiger partial charge in [0, 0.05) is 13.7 Å². The summed E-state index contributed by atoms with van der Waals surface area (Å²) in [5, 5.41) is 0. The molecule has 2 nitrogen and oxygen atoms in total. The Bertz CT molecular complexity index is 134. The smallest absolute Gasteiger partial charge is 0.0598 e. The third-order valence-electron chi connectivity index (χ3n) is 1.85. The van der Waals surface area contributed by atoms with Crippen LogP contribution in [0.1, 0.15) is 41.0 Å². The number of hydrogen-bond donors (Lipinski definition) is 0. The second kappa shape index (κ2) is 4.97. The van der Waals surface area contributed by atoms with Gasteiger partial charge < -0.3 is 9.47 Å². The summed E-state index contributed by atoms with van der Waals surface area (Å²) in [5.74, 6) is 0. The van der Waals surface area contributed by atoms with Gasteiger partial charge in [-0.15, -0.1) is 0 Å². The zero-order chi connectivity index (χ0) is 10.5. The molecule has 0 aliphatic carbocycles. The third kappa shape index (κ3) is 8.26. The van der Waals surface area contributed by atoms with E-state index in [9.17, 15) is 0 Å². The summed E-state index contributed by atoms with van der Waals surface area (Å²) in [6.45, 7) is 12.2. The Hall–Kier alpha value is -0.0800. The Labute approximate surface area is 82.6 Å². The molecule has 0 aromatic heterocycles. The molecule has 0 aliphatic rings. The van der Waals surface area contributed by atoms with E-state index in [1.807, 2.05) is 0 Å². The molecule has 0 aromatic carbocycles. The summed E-state index contributed by atoms with van der Waals surface area (Å²) in [5.41, 5.74) is 0.198. The maximum atomic E-state index is 5.66. The molecule has 0 saturated heterocycles. The number of methoxy groups -OCH3 is 1. The van der Waals surface area contributed by atoms with Crippen LogP contribution in [0.3, 0.4) is 0 Å². The van der Waals surface area contributed by atoms with E-state index in [0.717, 1.165) is 19.6 Å². The van der Waals surface area contributed by atoms with Crippen molar-refractivity contribution in [3.05, 3.63) is 0 Å². The molecule has 0 N–H and O–H groups in total. The Kier molecular flexibility index (Phi) is 4.93. The van der Waals surface area contributed by atoms with Gasteiger partial charge in [-0.2, -0.15) is 0 Å². The number of rotatable bonds is 5. The van der Waals surface area contributed by atoms with Gasteiger partial charge in [-0.1, -0.05) is 13.8 Å². The average Bonchev–Trinajstić information content (AvgIpc) is 1.82. The maximum absolute atomic E-state index is 5.66. The van der Waals surface area contributed by atoms with E-state index in [2.05, 4.69) is 34.6 Å². The van der Waals surface area contributed by atoms with Gasteiger partial charge in [0.1, 0.15) is 0 Å². The van der Waals surface area contributed by atoms with Crippen LogP contribution in [0.4, 0.5) is 0 Å². The summed E-state index contributed by atoms with van der Waals surface area (Å²) in [7, 11) is 1.74. The van der Waals surface area contributed by atoms with Gasteiger partial charge in [0.2, 0.25) is 0 Å². The number of ether oxygens (including phenoxy) is 2. The molecule has 0 rings (SSSR count). The van der Waals surface area contributed by atoms with Crippen LogP contribution in [0.5, 0.6) is 0 Å². The van der Waals surface area contributed by atoms with Crippen molar-refractivity contribution in [2.75, 3.05) is 20.3 Å². The van der Waals surface area contributed by atoms with Crippen LogP contribution >= 0.6 is 0 Å². The fourth-order valence-corrected chi connectivity index (χ4v) is 1.10. The lowest BCUT2D eigenvalue weighted by Crippen LogP contribution is -2.25. The van der Waals surface area contributed by atoms with Gasteiger partial charge in [-0.25, -0.2) is 0 Å². The first-order valence-electron chi connectivity index (χ1n) is 4.90. The average molecular weight is 188 g/mol. The fraction of sp³-hybridized carbons (Fsp3) is 1.00. The van der Waals surface area contributed by atoms with Crippen molar-refractivity contribution in [3.8, 4) is 0 Å². The topological polar surface area (TPSA) is 18.5 Å². The molecule has 80 valence electrons. The zero-order valence-corrected chi connectivity index (χ0v) is 9.94. The van der Waals surface area contributed by atoms with Crippen molar-refractivity contribution >= 4 is 0 Å². The predicted molar refractivity (Wildman–Crippen MR) is 56.0 cm³/mol. The van der Waals surface area contributed by atoms with Crippen molar-refractivity contribution in [1.82, 2.24) is 0 Å². The standard InChI is InChI=1S/C11H24O2/c1-10(2,3)13-8-7-11(4,5)9-12-6/h7-9H2,1-6H3. The Morgan fingerprint density at radius 1 is 1.00 bits per heavy atom. The Morgan fingerprint density at radius 2 is 1.54 bits per heavy atom. The minimum atomic E-state index is -0.0247. The summed E-state index contributed by atoms with van der Waals surface area (Å²) in [6, 6.07) is 0. The van der Waals surface area contributed by atoms with Crippen molar-refractivity contribution < 1.29 is 9.47 Å². The van der Waals surface area contributed by atoms with Crippen molar-refractivity contribution in [1.29, 1.82) is 0 Å². The zero-order valence-electron chi connectivity index (χ0n) is 9.94. The first-order chi connectivity index (χ1) is 5.77. The van der Waals surface area contributed by atoms with Crippen LogP contribution in [0.2, 0.25) is 0 Å². The Morgan fingerprint density at radius 3 is 1.92 bits per heavy atom. The summed E-state index contributed by atoms with van der Waals surface area (Å²) in [6.07, 6.45) is 1.04. The minimum absolute atomic E-state index is 0.0247. The highest BCUT2D eigenvalue weighted by Gasteiger charge is 2.19. The molecule has 0 heterocycles. The van der Waals surface area contributed by atoms with Crippen LogP contribution in [-0.4, -0.2) is 25.9 Å². The van der Waals surface area contributed by atoms with E-state index in [1.165, 1.54) is 0 Å². The first-order valence-corrected chi connectivity index (χ1v) is 4.90. The molecule has 0 aromatic rings. The molecule has 0 unspecified atom stereocenters. The van der Waals surface area contributed by atoms with Gasteiger partial charge in [0.05, 0.1) is 12.2 Å². The lowest BCUT2D eigenvalue weighted by Gasteiger charge is -2.26. The highest BCUT2D eigenvalue weighted by Crippen LogP contribution is 2.21. The monoisotopic (exact) mass is 188 g/mol. The molecular weight excluding hydrogens is 164 g/mol. The molecule has 0 atom stereocenters. The molecule has 2 heteroatoms. The first kappa shape index (κ1) is 12.9. The highest BCUT2D eigenvalue weighted by atomic mass is 16.5. The predicted octanol–water partition coefficient (Wildman–Crippen LogP) is 2.86. The molecule has 0 aliphatic heterocycles. The van der Waals surface area contributed by atoms with Crippen LogP contribution < -0.4 is 0 Å². The lowest BCUT2D eigenvalue weighted by atomic mass is 9.91. The van der Waals surface area contributed by atoms with Crippen molar-refractivity contribution in [2.45, 2.75) is 46.6 Å². The van der Waals surface area contributed by atoms with Gasteiger partial charge in [-0.3, -0.25) is 0 Å². The molecule has 0 amide bonds. The van der Waals surface area contributed by atoms with Gasteiger partial charge in [-0.05, 0) is 32.6 Å². The van der Waals surface area contributed by atoms with Crippen LogP contribution in [0.15, 0.2) is 0 Å². The van der Waals surface area contributed by atoms with Crippen LogP contribution in [0.25, 0.3) is 0 Å². The molecular formula is C11H24O2. The second-order valence-corrected chi connectivity index (χ2v) is 5.31. The molecule has 0 radical (unpaired) electrons. The molecule has 13 heavy (non-hydrogen) atoms. The van der Waals surface area contributed by atoms with Gasteiger partial charge in [0.15, 0.2) is 0 Å². The molecule has 0 spiro atoms. The number of hydrogen-bond acceptors (Lipinski definition) is 2. The molecule has 0 fully saturated rings. The van der Waals surface area contributed by atoms with E-state index in [1.54, 1.807) is 7.11 Å². The summed E-state index contributed by atoms with van der Waals surface area (Å²) in [4.78, 5) is 0. The van der Waals surface area contributed by atoms with E-state index in [0.29, 0.717) is 0 Å². The molecule has 0 bridgehead atoms. The highest BCUT2D eigenvalue weighted by molar-refractivity contribution is 4.68. The normalized spacial score (nSPS) is 13.4. The van der Waals surface area contributed by atoms with E-state index in [4.69, 9.17) is 9.47 Å². The minimum Gasteiger partial charge on any atom is -0.384 e. The van der Waals surface area contributed by atoms with Crippen LogP contribution in [-0.2, 0) is 9.47 Å². The quantitative estimate of drug-likeness (QED) is 0.660. The maximum Gasteiger partial charge on any atom is 0.0598 e. The van der Waals surface area contributed by atoms with Crippen molar-refractivity contribution in [3.63, 3.8) is 0 Å². The Balaban J connectivity index is 3.63. The van der Waals surface area contributed by atoms with Gasteiger partial charge >= 0.3 is 0 Å². The van der Waals surface area contributed by atoms with E-state index < -0.39 is 0 Å². The van der Waals surface area contributed by atoms with Crippen molar-refractivity contribution in [2.24, 2.45) is 5.41 Å². The van der Waals surface area contributed by atoms with E-state index in [-0.39, 0.29) is 11.0 Å². The lowest BCUT2D eigenvalue weighted by molar-refractivity contribution is -0.0240.